The normalized spacial score (nSPS) is 22.9. The molecule has 0 aliphatic carbocycles. The van der Waals surface area contributed by atoms with Gasteiger partial charge in [-0.25, -0.2) is 15.4 Å². The lowest BCUT2D eigenvalue weighted by molar-refractivity contribution is -0.0501. The van der Waals surface area contributed by atoms with E-state index in [1.165, 1.54) is 10.9 Å². The number of aliphatic hydroxyl groups excluding tert-OH is 3. The zero-order chi connectivity index (χ0) is 23.5. The fourth-order valence-electron chi connectivity index (χ4n) is 3.86. The molecule has 0 spiro atoms. The molecule has 176 valence electrons. The Bertz CT molecular complexity index is 1170. The predicted molar refractivity (Wildman–Crippen MR) is 122 cm³/mol. The molecule has 4 atom stereocenters. The standard InChI is InChI=1S/C21H27N7O5/c1-3-27(4-2)13-7-5-12(6-8-13)9-24-26-21-25-15-18(22-11-23-19(15)32)28(21)20-17(31)16(30)14(10-29)33-20/h5-9,11,14,16-17,20,29-31H,3-4,10H2,1-2H3,(H,25,26)(H,22,23,32)/b24-9-/t14-,16-,17-,20-/m1/s1. The van der Waals surface area contributed by atoms with Crippen molar-refractivity contribution in [2.24, 2.45) is 5.10 Å². The van der Waals surface area contributed by atoms with Gasteiger partial charge in [0.1, 0.15) is 18.3 Å². The van der Waals surface area contributed by atoms with E-state index in [0.717, 1.165) is 24.3 Å². The predicted octanol–water partition coefficient (Wildman–Crippen LogP) is 0.0233. The third-order valence-electron chi connectivity index (χ3n) is 5.65. The molecule has 0 bridgehead atoms. The van der Waals surface area contributed by atoms with Crippen molar-refractivity contribution < 1.29 is 20.1 Å². The Kier molecular flexibility index (Phi) is 6.70. The van der Waals surface area contributed by atoms with Gasteiger partial charge in [0, 0.05) is 18.8 Å². The number of aliphatic hydroxyl groups is 3. The van der Waals surface area contributed by atoms with Gasteiger partial charge in [0.25, 0.3) is 5.56 Å². The molecular formula is C21H27N7O5. The third-order valence-corrected chi connectivity index (χ3v) is 5.65. The van der Waals surface area contributed by atoms with E-state index in [0.29, 0.717) is 0 Å². The summed E-state index contributed by atoms with van der Waals surface area (Å²) >= 11 is 0. The van der Waals surface area contributed by atoms with Crippen LogP contribution in [0.25, 0.3) is 11.2 Å². The quantitative estimate of drug-likeness (QED) is 0.232. The van der Waals surface area contributed by atoms with E-state index in [1.807, 2.05) is 24.3 Å². The highest BCUT2D eigenvalue weighted by atomic mass is 16.6. The Morgan fingerprint density at radius 3 is 2.61 bits per heavy atom. The fourth-order valence-corrected chi connectivity index (χ4v) is 3.86. The number of rotatable bonds is 8. The second kappa shape index (κ2) is 9.67. The van der Waals surface area contributed by atoms with Gasteiger partial charge in [-0.05, 0) is 31.5 Å². The zero-order valence-corrected chi connectivity index (χ0v) is 18.3. The number of hydrogen-bond acceptors (Lipinski definition) is 10. The number of aromatic nitrogens is 4. The van der Waals surface area contributed by atoms with Gasteiger partial charge in [-0.2, -0.15) is 5.10 Å². The second-order valence-electron chi connectivity index (χ2n) is 7.57. The molecule has 0 unspecified atom stereocenters. The molecule has 12 heteroatoms. The Hall–Kier alpha value is -3.32. The molecule has 12 nitrogen and oxygen atoms in total. The number of imidazole rings is 1. The van der Waals surface area contributed by atoms with Crippen LogP contribution in [-0.2, 0) is 4.74 Å². The number of nitrogens with zero attached hydrogens (tertiary/aromatic N) is 5. The number of fused-ring (bicyclic) bond motifs is 1. The van der Waals surface area contributed by atoms with Crippen LogP contribution in [0.2, 0.25) is 0 Å². The molecule has 1 aromatic carbocycles. The monoisotopic (exact) mass is 457 g/mol. The van der Waals surface area contributed by atoms with Crippen LogP contribution in [0.1, 0.15) is 25.6 Å². The number of benzene rings is 1. The van der Waals surface area contributed by atoms with Crippen LogP contribution in [0, 0.1) is 0 Å². The number of nitrogens with one attached hydrogen (secondary N) is 2. The van der Waals surface area contributed by atoms with Crippen molar-refractivity contribution in [1.82, 2.24) is 19.5 Å². The SMILES string of the molecule is CCN(CC)c1ccc(/C=N\Nc2nc3c(=O)[nH]cnc3n2[C@@H]2O[C@H](CO)[C@@H](O)[C@H]2O)cc1. The summed E-state index contributed by atoms with van der Waals surface area (Å²) < 4.78 is 6.96. The Labute approximate surface area is 189 Å². The van der Waals surface area contributed by atoms with Gasteiger partial charge in [0.2, 0.25) is 5.95 Å². The summed E-state index contributed by atoms with van der Waals surface area (Å²) in [7, 11) is 0. The van der Waals surface area contributed by atoms with Gasteiger partial charge in [0.05, 0.1) is 19.1 Å². The zero-order valence-electron chi connectivity index (χ0n) is 18.3. The minimum absolute atomic E-state index is 0.0107. The van der Waals surface area contributed by atoms with E-state index in [1.54, 1.807) is 6.21 Å². The van der Waals surface area contributed by atoms with Crippen LogP contribution < -0.4 is 15.9 Å². The van der Waals surface area contributed by atoms with E-state index in [2.05, 4.69) is 44.2 Å². The van der Waals surface area contributed by atoms with E-state index in [9.17, 15) is 20.1 Å². The molecule has 1 aliphatic rings. The first-order chi connectivity index (χ1) is 16.0. The average Bonchev–Trinajstić information content (AvgIpc) is 3.33. The molecule has 0 saturated carbocycles. The van der Waals surface area contributed by atoms with Gasteiger partial charge in [-0.1, -0.05) is 12.1 Å². The highest BCUT2D eigenvalue weighted by molar-refractivity contribution is 5.81. The topological polar surface area (TPSA) is 161 Å². The van der Waals surface area contributed by atoms with Gasteiger partial charge in [-0.15, -0.1) is 0 Å². The molecule has 0 amide bonds. The summed E-state index contributed by atoms with van der Waals surface area (Å²) in [5, 5.41) is 34.3. The number of hydrogen-bond donors (Lipinski definition) is 5. The first-order valence-electron chi connectivity index (χ1n) is 10.7. The molecule has 1 fully saturated rings. The van der Waals surface area contributed by atoms with E-state index < -0.39 is 36.7 Å². The highest BCUT2D eigenvalue weighted by Gasteiger charge is 2.45. The molecule has 1 saturated heterocycles. The second-order valence-corrected chi connectivity index (χ2v) is 7.57. The van der Waals surface area contributed by atoms with Crippen molar-refractivity contribution in [3.8, 4) is 0 Å². The van der Waals surface area contributed by atoms with Crippen LogP contribution in [0.15, 0.2) is 40.5 Å². The number of anilines is 2. The van der Waals surface area contributed by atoms with Crippen molar-refractivity contribution in [1.29, 1.82) is 0 Å². The number of hydrazone groups is 1. The number of aromatic amines is 1. The number of H-pyrrole nitrogens is 1. The lowest BCUT2D eigenvalue weighted by Crippen LogP contribution is -2.33. The smallest absolute Gasteiger partial charge is 0.278 e. The van der Waals surface area contributed by atoms with Gasteiger partial charge >= 0.3 is 0 Å². The fraction of sp³-hybridized carbons (Fsp3) is 0.429. The molecule has 3 heterocycles. The number of ether oxygens (including phenoxy) is 1. The molecule has 0 radical (unpaired) electrons. The van der Waals surface area contributed by atoms with Crippen molar-refractivity contribution >= 4 is 29.0 Å². The Balaban J connectivity index is 1.62. The van der Waals surface area contributed by atoms with E-state index in [-0.39, 0.29) is 17.1 Å². The Morgan fingerprint density at radius 1 is 1.24 bits per heavy atom. The molecular weight excluding hydrogens is 430 g/mol. The highest BCUT2D eigenvalue weighted by Crippen LogP contribution is 2.33. The molecule has 2 aromatic heterocycles. The van der Waals surface area contributed by atoms with Crippen LogP contribution >= 0.6 is 0 Å². The van der Waals surface area contributed by atoms with Crippen LogP contribution in [0.3, 0.4) is 0 Å². The summed E-state index contributed by atoms with van der Waals surface area (Å²) in [6.45, 7) is 5.54. The maximum Gasteiger partial charge on any atom is 0.278 e. The van der Waals surface area contributed by atoms with Crippen molar-refractivity contribution in [2.45, 2.75) is 38.4 Å². The lowest BCUT2D eigenvalue weighted by atomic mass is 10.1. The molecule has 33 heavy (non-hydrogen) atoms. The van der Waals surface area contributed by atoms with Crippen LogP contribution in [0.4, 0.5) is 11.6 Å². The summed E-state index contributed by atoms with van der Waals surface area (Å²) in [5.74, 6) is 0.0834. The maximum absolute atomic E-state index is 12.2. The Morgan fingerprint density at radius 2 is 1.97 bits per heavy atom. The van der Waals surface area contributed by atoms with Crippen molar-refractivity contribution in [2.75, 3.05) is 30.0 Å². The molecule has 4 rings (SSSR count). The lowest BCUT2D eigenvalue weighted by Gasteiger charge is -2.20. The van der Waals surface area contributed by atoms with Crippen molar-refractivity contribution in [3.05, 3.63) is 46.5 Å². The molecule has 1 aliphatic heterocycles. The average molecular weight is 457 g/mol. The largest absolute Gasteiger partial charge is 0.394 e. The summed E-state index contributed by atoms with van der Waals surface area (Å²) in [6.07, 6.45) is -2.04. The summed E-state index contributed by atoms with van der Waals surface area (Å²) in [6, 6.07) is 7.87. The third kappa shape index (κ3) is 4.33. The summed E-state index contributed by atoms with van der Waals surface area (Å²) in [5.41, 5.74) is 4.38. The van der Waals surface area contributed by atoms with E-state index in [4.69, 9.17) is 4.74 Å². The minimum Gasteiger partial charge on any atom is -0.394 e. The van der Waals surface area contributed by atoms with Crippen molar-refractivity contribution in [3.63, 3.8) is 0 Å². The summed E-state index contributed by atoms with van der Waals surface area (Å²) in [4.78, 5) is 25.3. The van der Waals surface area contributed by atoms with Gasteiger partial charge in [0.15, 0.2) is 17.4 Å². The first kappa shape index (κ1) is 22.9. The minimum atomic E-state index is -1.38. The molecule has 3 aromatic rings. The van der Waals surface area contributed by atoms with Gasteiger partial charge in [-0.3, -0.25) is 9.36 Å². The van der Waals surface area contributed by atoms with Crippen LogP contribution in [-0.4, -0.2) is 79.1 Å². The van der Waals surface area contributed by atoms with E-state index >= 15 is 0 Å². The van der Waals surface area contributed by atoms with Crippen LogP contribution in [0.5, 0.6) is 0 Å². The first-order valence-corrected chi connectivity index (χ1v) is 10.7. The maximum atomic E-state index is 12.2. The van der Waals surface area contributed by atoms with Gasteiger partial charge < -0.3 is 29.9 Å². The molecule has 5 N–H and O–H groups in total.